The smallest absolute Gasteiger partial charge is 0.333 e. The lowest BCUT2D eigenvalue weighted by molar-refractivity contribution is 0.100. The fourth-order valence-electron chi connectivity index (χ4n) is 4.65. The lowest BCUT2D eigenvalue weighted by Crippen LogP contribution is -2.24. The van der Waals surface area contributed by atoms with Crippen molar-refractivity contribution in [1.29, 1.82) is 0 Å². The summed E-state index contributed by atoms with van der Waals surface area (Å²) in [5, 5.41) is 17.4. The minimum atomic E-state index is -4.03. The molecule has 0 amide bonds. The third kappa shape index (κ3) is 3.61. The van der Waals surface area contributed by atoms with Crippen molar-refractivity contribution in [3.05, 3.63) is 48.4 Å². The zero-order valence-electron chi connectivity index (χ0n) is 16.9. The Balaban J connectivity index is 1.49. The lowest BCUT2D eigenvalue weighted by atomic mass is 10.1. The largest absolute Gasteiger partial charge is 0.393 e. The van der Waals surface area contributed by atoms with Gasteiger partial charge in [0.15, 0.2) is 0 Å². The number of aromatic amines is 1. The van der Waals surface area contributed by atoms with Gasteiger partial charge in [-0.05, 0) is 37.5 Å². The fourth-order valence-corrected chi connectivity index (χ4v) is 5.01. The fraction of sp³-hybridized carbons (Fsp3) is 0.333. The predicted molar refractivity (Wildman–Crippen MR) is 116 cm³/mol. The molecule has 4 aromatic rings. The Morgan fingerprint density at radius 1 is 1.23 bits per heavy atom. The molecule has 1 fully saturated rings. The normalized spacial score (nSPS) is 22.0. The summed E-state index contributed by atoms with van der Waals surface area (Å²) in [6, 6.07) is 10.1. The number of nitrogens with zero attached hydrogens (tertiary/aromatic N) is 3. The molecule has 1 aliphatic rings. The molecule has 5 rings (SSSR count). The maximum Gasteiger partial charge on any atom is 0.333 e. The van der Waals surface area contributed by atoms with Crippen LogP contribution in [0, 0.1) is 12.8 Å². The van der Waals surface area contributed by atoms with Gasteiger partial charge in [0.1, 0.15) is 12.0 Å². The van der Waals surface area contributed by atoms with Crippen molar-refractivity contribution >= 4 is 32.2 Å². The monoisotopic (exact) mass is 441 g/mol. The van der Waals surface area contributed by atoms with Gasteiger partial charge >= 0.3 is 10.3 Å². The topological polar surface area (TPSA) is 136 Å². The molecule has 3 unspecified atom stereocenters. The molecule has 3 heterocycles. The first kappa shape index (κ1) is 20.1. The van der Waals surface area contributed by atoms with Crippen molar-refractivity contribution in [2.45, 2.75) is 31.9 Å². The first-order valence-electron chi connectivity index (χ1n) is 10.1. The molecule has 10 heteroatoms. The number of benzene rings is 1. The van der Waals surface area contributed by atoms with Gasteiger partial charge in [0, 0.05) is 34.4 Å². The number of fused-ring (bicyclic) bond motifs is 2. The number of aliphatic hydroxyl groups is 1. The van der Waals surface area contributed by atoms with E-state index in [1.807, 2.05) is 35.0 Å². The van der Waals surface area contributed by atoms with Crippen molar-refractivity contribution in [1.82, 2.24) is 19.5 Å². The summed E-state index contributed by atoms with van der Waals surface area (Å²) in [5.74, 6) is -0.321. The second-order valence-electron chi connectivity index (χ2n) is 8.08. The van der Waals surface area contributed by atoms with Crippen LogP contribution in [0.3, 0.4) is 0 Å². The van der Waals surface area contributed by atoms with Crippen LogP contribution in [0.1, 0.15) is 24.4 Å². The Kier molecular flexibility index (Phi) is 4.82. The Bertz CT molecular complexity index is 1380. The highest BCUT2D eigenvalue weighted by Gasteiger charge is 2.35. The van der Waals surface area contributed by atoms with E-state index in [4.69, 9.17) is 9.32 Å². The minimum absolute atomic E-state index is 0.0341. The Morgan fingerprint density at radius 2 is 2.03 bits per heavy atom. The number of hydrogen-bond acceptors (Lipinski definition) is 6. The molecule has 9 nitrogen and oxygen atoms in total. The number of nitrogens with two attached hydrogens (primary N) is 1. The highest BCUT2D eigenvalue weighted by atomic mass is 32.2. The van der Waals surface area contributed by atoms with Gasteiger partial charge in [-0.2, -0.15) is 8.42 Å². The van der Waals surface area contributed by atoms with E-state index in [1.54, 1.807) is 6.33 Å². The first-order valence-corrected chi connectivity index (χ1v) is 11.5. The van der Waals surface area contributed by atoms with Crippen molar-refractivity contribution in [3.8, 4) is 11.4 Å². The number of hydrogen-bond donors (Lipinski definition) is 3. The minimum Gasteiger partial charge on any atom is -0.393 e. The van der Waals surface area contributed by atoms with Crippen LogP contribution in [0.2, 0.25) is 0 Å². The Labute approximate surface area is 179 Å². The van der Waals surface area contributed by atoms with E-state index < -0.39 is 16.4 Å². The number of para-hydroxylation sites is 1. The Hall–Kier alpha value is -2.79. The van der Waals surface area contributed by atoms with E-state index in [-0.39, 0.29) is 18.6 Å². The highest BCUT2D eigenvalue weighted by molar-refractivity contribution is 7.84. The molecular formula is C21H23N5O4S. The van der Waals surface area contributed by atoms with Crippen molar-refractivity contribution in [3.63, 3.8) is 0 Å². The molecule has 1 aromatic carbocycles. The van der Waals surface area contributed by atoms with Gasteiger partial charge in [-0.1, -0.05) is 18.2 Å². The van der Waals surface area contributed by atoms with Gasteiger partial charge in [0.05, 0.1) is 24.1 Å². The van der Waals surface area contributed by atoms with E-state index in [1.165, 1.54) is 0 Å². The number of nitrogens with one attached hydrogen (secondary N) is 1. The molecular weight excluding hydrogens is 418 g/mol. The maximum absolute atomic E-state index is 11.1. The zero-order chi connectivity index (χ0) is 21.8. The van der Waals surface area contributed by atoms with Crippen molar-refractivity contribution < 1.29 is 17.7 Å². The first-order chi connectivity index (χ1) is 14.8. The van der Waals surface area contributed by atoms with Crippen LogP contribution in [-0.4, -0.2) is 45.8 Å². The molecule has 4 N–H and O–H groups in total. The number of H-pyrrole nitrogens is 1. The van der Waals surface area contributed by atoms with E-state index >= 15 is 0 Å². The summed E-state index contributed by atoms with van der Waals surface area (Å²) in [6.07, 6.45) is 3.85. The average Bonchev–Trinajstić information content (AvgIpc) is 3.41. The number of rotatable bonds is 5. The second-order valence-corrected chi connectivity index (χ2v) is 9.30. The molecule has 31 heavy (non-hydrogen) atoms. The van der Waals surface area contributed by atoms with Gasteiger partial charge < -0.3 is 14.7 Å². The van der Waals surface area contributed by atoms with E-state index in [2.05, 4.69) is 27.9 Å². The summed E-state index contributed by atoms with van der Waals surface area (Å²) in [5.41, 5.74) is 4.73. The van der Waals surface area contributed by atoms with Crippen LogP contribution >= 0.6 is 0 Å². The molecule has 0 spiro atoms. The zero-order valence-corrected chi connectivity index (χ0v) is 17.7. The Morgan fingerprint density at radius 3 is 2.81 bits per heavy atom. The molecule has 0 bridgehead atoms. The SMILES string of the molecule is Cc1c(-c2ncnc3c2ccn3C2CC(O)C(COS(N)(=O)=O)C2)[nH]c2ccccc12. The maximum atomic E-state index is 11.1. The van der Waals surface area contributed by atoms with Gasteiger partial charge in [0.2, 0.25) is 0 Å². The summed E-state index contributed by atoms with van der Waals surface area (Å²) in [4.78, 5) is 12.5. The highest BCUT2D eigenvalue weighted by Crippen LogP contribution is 2.39. The van der Waals surface area contributed by atoms with Gasteiger partial charge in [-0.15, -0.1) is 0 Å². The standard InChI is InChI=1S/C21H23N5O4S/c1-12-15-4-2-3-5-17(15)25-19(12)20-16-6-7-26(21(16)24-11-23-20)14-8-13(18(27)9-14)10-30-31(22,28)29/h2-7,11,13-14,18,25,27H,8-10H2,1H3,(H2,22,28,29). The van der Waals surface area contributed by atoms with Crippen molar-refractivity contribution in [2.75, 3.05) is 6.61 Å². The van der Waals surface area contributed by atoms with Crippen molar-refractivity contribution in [2.24, 2.45) is 11.1 Å². The molecule has 0 saturated heterocycles. The van der Waals surface area contributed by atoms with E-state index in [9.17, 15) is 13.5 Å². The van der Waals surface area contributed by atoms with Gasteiger partial charge in [-0.25, -0.2) is 15.1 Å². The van der Waals surface area contributed by atoms with Gasteiger partial charge in [-0.3, -0.25) is 4.18 Å². The third-order valence-corrected chi connectivity index (χ3v) is 6.65. The van der Waals surface area contributed by atoms with Crippen LogP contribution in [0.25, 0.3) is 33.3 Å². The lowest BCUT2D eigenvalue weighted by Gasteiger charge is -2.14. The molecule has 3 atom stereocenters. The summed E-state index contributed by atoms with van der Waals surface area (Å²) >= 11 is 0. The van der Waals surface area contributed by atoms with Crippen LogP contribution < -0.4 is 5.14 Å². The molecule has 3 aromatic heterocycles. The predicted octanol–water partition coefficient (Wildman–Crippen LogP) is 2.42. The van der Waals surface area contributed by atoms with Crippen LogP contribution in [-0.2, 0) is 14.5 Å². The molecule has 162 valence electrons. The van der Waals surface area contributed by atoms with E-state index in [0.29, 0.717) is 12.8 Å². The average molecular weight is 442 g/mol. The number of aryl methyl sites for hydroxylation is 1. The van der Waals surface area contributed by atoms with Gasteiger partial charge in [0.25, 0.3) is 0 Å². The molecule has 0 radical (unpaired) electrons. The van der Waals surface area contributed by atoms with Crippen LogP contribution in [0.15, 0.2) is 42.9 Å². The van der Waals surface area contributed by atoms with E-state index in [0.717, 1.165) is 38.9 Å². The third-order valence-electron chi connectivity index (χ3n) is 6.18. The molecule has 1 aliphatic carbocycles. The van der Waals surface area contributed by atoms with Crippen LogP contribution in [0.5, 0.6) is 0 Å². The quantitative estimate of drug-likeness (QED) is 0.435. The molecule has 0 aliphatic heterocycles. The van der Waals surface area contributed by atoms with Crippen LogP contribution in [0.4, 0.5) is 0 Å². The number of aromatic nitrogens is 4. The summed E-state index contributed by atoms with van der Waals surface area (Å²) in [6.45, 7) is 1.94. The summed E-state index contributed by atoms with van der Waals surface area (Å²) < 4.78 is 28.9. The number of aliphatic hydroxyl groups excluding tert-OH is 1. The second kappa shape index (κ2) is 7.41. The molecule has 1 saturated carbocycles. The summed E-state index contributed by atoms with van der Waals surface area (Å²) in [7, 11) is -4.03.